The van der Waals surface area contributed by atoms with Crippen molar-refractivity contribution >= 4 is 16.3 Å². The van der Waals surface area contributed by atoms with E-state index in [0.29, 0.717) is 12.8 Å². The monoisotopic (exact) mass is 1260 g/mol. The van der Waals surface area contributed by atoms with E-state index in [1.54, 1.807) is 0 Å². The van der Waals surface area contributed by atoms with Crippen molar-refractivity contribution in [3.8, 4) is 0 Å². The standard InChI is InChI=1S/C74H145NO11S/c1-3-5-7-9-11-13-15-17-19-21-23-25-27-28-29-30-31-32-33-34-35-36-37-38-39-40-42-44-46-48-50-52-54-56-58-60-62-64-70(78)75-67(66-84-74-72(80)73(86-87(81,82)83)71(79)69(65-76)85-74)68(77)63-61-59-57-55-53-51-49-47-45-43-41-26-24-22-20-18-16-14-12-10-8-6-4-2/h32-33,67-69,71-74,76-77,79-80H,3-31,34-66H2,1-2H3,(H,75,78)(H,81,82,83)/b33-32-. The van der Waals surface area contributed by atoms with Gasteiger partial charge in [-0.05, 0) is 38.5 Å². The molecular formula is C74H145NO11S. The number of hydrogen-bond acceptors (Lipinski definition) is 10. The minimum Gasteiger partial charge on any atom is -0.394 e. The van der Waals surface area contributed by atoms with E-state index in [9.17, 15) is 38.2 Å². The Bertz CT molecular complexity index is 1570. The van der Waals surface area contributed by atoms with Gasteiger partial charge < -0.3 is 35.2 Å². The lowest BCUT2D eigenvalue weighted by Gasteiger charge is -2.41. The van der Waals surface area contributed by atoms with Crippen LogP contribution in [0.25, 0.3) is 0 Å². The molecule has 12 nitrogen and oxygen atoms in total. The molecule has 1 aliphatic rings. The van der Waals surface area contributed by atoms with Crippen molar-refractivity contribution in [2.24, 2.45) is 0 Å². The first-order chi connectivity index (χ1) is 42.5. The molecule has 0 aliphatic carbocycles. The zero-order valence-electron chi connectivity index (χ0n) is 57.1. The first kappa shape index (κ1) is 83.9. The molecule has 0 spiro atoms. The van der Waals surface area contributed by atoms with Crippen molar-refractivity contribution in [2.45, 2.75) is 442 Å². The zero-order chi connectivity index (χ0) is 63.2. The van der Waals surface area contributed by atoms with Crippen LogP contribution in [-0.2, 0) is 28.9 Å². The molecule has 0 saturated carbocycles. The van der Waals surface area contributed by atoms with Gasteiger partial charge in [-0.15, -0.1) is 0 Å². The highest BCUT2D eigenvalue weighted by atomic mass is 32.3. The Morgan fingerprint density at radius 3 is 1.03 bits per heavy atom. The lowest BCUT2D eigenvalue weighted by atomic mass is 9.99. The Morgan fingerprint density at radius 1 is 0.448 bits per heavy atom. The van der Waals surface area contributed by atoms with Crippen LogP contribution >= 0.6 is 0 Å². The van der Waals surface area contributed by atoms with Gasteiger partial charge >= 0.3 is 10.4 Å². The molecule has 1 amide bonds. The van der Waals surface area contributed by atoms with Crippen LogP contribution in [0.15, 0.2) is 12.2 Å². The van der Waals surface area contributed by atoms with Gasteiger partial charge in [-0.1, -0.05) is 366 Å². The second-order valence-electron chi connectivity index (χ2n) is 26.9. The molecule has 1 fully saturated rings. The molecule has 1 heterocycles. The summed E-state index contributed by atoms with van der Waals surface area (Å²) in [6.07, 6.45) is 72.7. The lowest BCUT2D eigenvalue weighted by molar-refractivity contribution is -0.298. The van der Waals surface area contributed by atoms with Crippen molar-refractivity contribution in [2.75, 3.05) is 13.2 Å². The molecule has 0 aromatic heterocycles. The summed E-state index contributed by atoms with van der Waals surface area (Å²) in [5, 5.41) is 45.4. The van der Waals surface area contributed by atoms with Gasteiger partial charge in [0.25, 0.3) is 0 Å². The smallest absolute Gasteiger partial charge is 0.394 e. The minimum absolute atomic E-state index is 0.220. The Labute approximate surface area is 538 Å². The fourth-order valence-corrected chi connectivity index (χ4v) is 13.3. The van der Waals surface area contributed by atoms with E-state index in [1.807, 2.05) is 0 Å². The van der Waals surface area contributed by atoms with Crippen LogP contribution in [0.4, 0.5) is 0 Å². The number of aliphatic hydroxyl groups is 4. The van der Waals surface area contributed by atoms with Gasteiger partial charge in [0.2, 0.25) is 5.91 Å². The number of allylic oxidation sites excluding steroid dienone is 2. The molecule has 518 valence electrons. The number of aliphatic hydroxyl groups excluding tert-OH is 4. The molecule has 6 N–H and O–H groups in total. The van der Waals surface area contributed by atoms with Crippen LogP contribution in [0.2, 0.25) is 0 Å². The average Bonchev–Trinajstić information content (AvgIpc) is 2.70. The van der Waals surface area contributed by atoms with E-state index in [4.69, 9.17) is 9.47 Å². The van der Waals surface area contributed by atoms with Gasteiger partial charge in [0, 0.05) is 6.42 Å². The zero-order valence-corrected chi connectivity index (χ0v) is 57.9. The molecule has 1 saturated heterocycles. The molecular weight excluding hydrogens is 1110 g/mol. The van der Waals surface area contributed by atoms with Crippen molar-refractivity contribution in [3.63, 3.8) is 0 Å². The van der Waals surface area contributed by atoms with E-state index >= 15 is 0 Å². The number of unbranched alkanes of at least 4 members (excludes halogenated alkanes) is 55. The third kappa shape index (κ3) is 55.0. The summed E-state index contributed by atoms with van der Waals surface area (Å²) in [6.45, 7) is 3.53. The maximum atomic E-state index is 13.2. The Morgan fingerprint density at radius 2 is 0.736 bits per heavy atom. The highest BCUT2D eigenvalue weighted by Gasteiger charge is 2.48. The quantitative estimate of drug-likeness (QED) is 0.0193. The van der Waals surface area contributed by atoms with Crippen LogP contribution in [-0.4, -0.2) is 95.4 Å². The van der Waals surface area contributed by atoms with E-state index in [0.717, 1.165) is 51.4 Å². The number of carbonyl (C=O) groups is 1. The van der Waals surface area contributed by atoms with Gasteiger partial charge in [-0.3, -0.25) is 9.35 Å². The third-order valence-electron chi connectivity index (χ3n) is 18.6. The second-order valence-corrected chi connectivity index (χ2v) is 28.0. The third-order valence-corrected chi connectivity index (χ3v) is 19.0. The molecule has 7 atom stereocenters. The van der Waals surface area contributed by atoms with Gasteiger partial charge in [0.15, 0.2) is 6.29 Å². The number of ether oxygens (including phenoxy) is 2. The molecule has 0 radical (unpaired) electrons. The topological polar surface area (TPSA) is 192 Å². The Balaban J connectivity index is 2.16. The Kier molecular flexibility index (Phi) is 61.3. The first-order valence-electron chi connectivity index (χ1n) is 38.1. The Hall–Kier alpha value is -1.16. The van der Waals surface area contributed by atoms with Crippen LogP contribution in [0.3, 0.4) is 0 Å². The predicted molar refractivity (Wildman–Crippen MR) is 366 cm³/mol. The summed E-state index contributed by atoms with van der Waals surface area (Å²) in [4.78, 5) is 13.2. The molecule has 0 aromatic carbocycles. The summed E-state index contributed by atoms with van der Waals surface area (Å²) in [5.74, 6) is -0.220. The largest absolute Gasteiger partial charge is 0.397 e. The maximum absolute atomic E-state index is 13.2. The number of amides is 1. The summed E-state index contributed by atoms with van der Waals surface area (Å²) in [5.41, 5.74) is 0. The molecule has 13 heteroatoms. The van der Waals surface area contributed by atoms with Crippen LogP contribution in [0.1, 0.15) is 399 Å². The van der Waals surface area contributed by atoms with Crippen LogP contribution in [0.5, 0.6) is 0 Å². The van der Waals surface area contributed by atoms with Gasteiger partial charge in [-0.2, -0.15) is 8.42 Å². The maximum Gasteiger partial charge on any atom is 0.397 e. The molecule has 87 heavy (non-hydrogen) atoms. The van der Waals surface area contributed by atoms with Crippen molar-refractivity contribution in [3.05, 3.63) is 12.2 Å². The van der Waals surface area contributed by atoms with E-state index in [1.165, 1.54) is 321 Å². The number of rotatable bonds is 69. The fraction of sp³-hybridized carbons (Fsp3) is 0.959. The van der Waals surface area contributed by atoms with Gasteiger partial charge in [0.1, 0.15) is 24.4 Å². The SMILES string of the molecule is CCCCCCCCCCCCCCCCCC/C=C\CCCCCCCCCCCCCCCCCCCC(=O)NC(COC1OC(CO)C(O)C(OS(=O)(=O)O)C1O)C(O)CCCCCCCCCCCCCCCCCCCCCCCCC. The summed E-state index contributed by atoms with van der Waals surface area (Å²) < 4.78 is 48.2. The van der Waals surface area contributed by atoms with E-state index < -0.39 is 59.9 Å². The first-order valence-corrected chi connectivity index (χ1v) is 39.4. The fourth-order valence-electron chi connectivity index (χ4n) is 12.8. The summed E-state index contributed by atoms with van der Waals surface area (Å²) in [7, 11) is -5.09. The highest BCUT2D eigenvalue weighted by Crippen LogP contribution is 2.27. The number of nitrogens with one attached hydrogen (secondary N) is 1. The number of carbonyl (C=O) groups excluding carboxylic acids is 1. The van der Waals surface area contributed by atoms with Crippen LogP contribution in [0, 0.1) is 0 Å². The lowest BCUT2D eigenvalue weighted by Crippen LogP contribution is -2.61. The van der Waals surface area contributed by atoms with Crippen molar-refractivity contribution in [1.29, 1.82) is 0 Å². The molecule has 0 aromatic rings. The molecule has 1 aliphatic heterocycles. The molecule has 0 bridgehead atoms. The van der Waals surface area contributed by atoms with Gasteiger partial charge in [-0.25, -0.2) is 4.18 Å². The van der Waals surface area contributed by atoms with Crippen LogP contribution < -0.4 is 5.32 Å². The molecule has 7 unspecified atom stereocenters. The summed E-state index contributed by atoms with van der Waals surface area (Å²) >= 11 is 0. The second kappa shape index (κ2) is 63.6. The van der Waals surface area contributed by atoms with E-state index in [2.05, 4.69) is 35.5 Å². The van der Waals surface area contributed by atoms with Crippen molar-refractivity contribution < 1.29 is 51.8 Å². The minimum atomic E-state index is -5.09. The molecule has 1 rings (SSSR count). The van der Waals surface area contributed by atoms with Gasteiger partial charge in [0.05, 0.1) is 25.4 Å². The predicted octanol–water partition coefficient (Wildman–Crippen LogP) is 20.5. The average molecular weight is 1260 g/mol. The number of hydrogen-bond donors (Lipinski definition) is 6. The summed E-state index contributed by atoms with van der Waals surface area (Å²) in [6, 6.07) is -0.857. The normalized spacial score (nSPS) is 18.1. The highest BCUT2D eigenvalue weighted by molar-refractivity contribution is 7.80. The van der Waals surface area contributed by atoms with E-state index in [-0.39, 0.29) is 12.5 Å². The van der Waals surface area contributed by atoms with Crippen molar-refractivity contribution in [1.82, 2.24) is 5.32 Å².